The van der Waals surface area contributed by atoms with Crippen molar-refractivity contribution in [3.8, 4) is 0 Å². The smallest absolute Gasteiger partial charge is 0.326 e. The van der Waals surface area contributed by atoms with Crippen LogP contribution in [-0.2, 0) is 19.2 Å². The van der Waals surface area contributed by atoms with Crippen LogP contribution in [-0.4, -0.2) is 57.5 Å². The third-order valence-electron chi connectivity index (χ3n) is 2.96. The number of nitrogens with one attached hydrogen (secondary N) is 1. The number of aliphatic carboxylic acids is 2. The highest BCUT2D eigenvalue weighted by molar-refractivity contribution is 6.35. The lowest BCUT2D eigenvalue weighted by molar-refractivity contribution is -0.157. The monoisotopic (exact) mass is 272 g/mol. The molecule has 1 fully saturated rings. The van der Waals surface area contributed by atoms with E-state index in [0.717, 1.165) is 4.90 Å². The number of amides is 2. The number of rotatable bonds is 3. The molecular weight excluding hydrogens is 256 g/mol. The Bertz CT molecular complexity index is 408. The maximum Gasteiger partial charge on any atom is 0.326 e. The van der Waals surface area contributed by atoms with Gasteiger partial charge in [-0.1, -0.05) is 0 Å². The number of piperidine rings is 1. The van der Waals surface area contributed by atoms with Gasteiger partial charge in [-0.05, 0) is 26.2 Å². The zero-order valence-electron chi connectivity index (χ0n) is 10.5. The standard InChI is InChI=1S/C11H16N2O6/c1-6(10(16)17)12-8(14)9(15)13-5-3-2-4-7(13)11(18)19/h6-7H,2-5H2,1H3,(H,12,14)(H,16,17)(H,18,19)/t6-,7+/m0/s1. The van der Waals surface area contributed by atoms with Crippen LogP contribution < -0.4 is 5.32 Å². The zero-order valence-corrected chi connectivity index (χ0v) is 10.5. The zero-order chi connectivity index (χ0) is 14.6. The summed E-state index contributed by atoms with van der Waals surface area (Å²) in [7, 11) is 0. The van der Waals surface area contributed by atoms with Crippen molar-refractivity contribution < 1.29 is 29.4 Å². The molecule has 8 heteroatoms. The molecule has 19 heavy (non-hydrogen) atoms. The molecule has 0 aromatic heterocycles. The second-order valence-electron chi connectivity index (χ2n) is 4.38. The van der Waals surface area contributed by atoms with Gasteiger partial charge in [0.1, 0.15) is 12.1 Å². The van der Waals surface area contributed by atoms with Crippen molar-refractivity contribution in [3.05, 3.63) is 0 Å². The number of hydrogen-bond acceptors (Lipinski definition) is 4. The van der Waals surface area contributed by atoms with Crippen LogP contribution in [0.2, 0.25) is 0 Å². The van der Waals surface area contributed by atoms with Gasteiger partial charge in [-0.25, -0.2) is 4.79 Å². The van der Waals surface area contributed by atoms with Crippen molar-refractivity contribution in [2.45, 2.75) is 38.3 Å². The van der Waals surface area contributed by atoms with Gasteiger partial charge in [0.05, 0.1) is 0 Å². The van der Waals surface area contributed by atoms with E-state index < -0.39 is 35.8 Å². The molecule has 0 bridgehead atoms. The van der Waals surface area contributed by atoms with Crippen LogP contribution in [0.5, 0.6) is 0 Å². The Labute approximate surface area is 109 Å². The molecule has 0 aromatic carbocycles. The number of likely N-dealkylation sites (tertiary alicyclic amines) is 1. The minimum atomic E-state index is -1.27. The van der Waals surface area contributed by atoms with Crippen molar-refractivity contribution in [1.82, 2.24) is 10.2 Å². The first-order valence-corrected chi connectivity index (χ1v) is 5.91. The average Bonchev–Trinajstić information content (AvgIpc) is 2.37. The van der Waals surface area contributed by atoms with Crippen molar-refractivity contribution in [3.63, 3.8) is 0 Å². The van der Waals surface area contributed by atoms with E-state index in [0.29, 0.717) is 19.3 Å². The highest BCUT2D eigenvalue weighted by atomic mass is 16.4. The van der Waals surface area contributed by atoms with E-state index in [2.05, 4.69) is 0 Å². The molecule has 8 nitrogen and oxygen atoms in total. The molecule has 0 unspecified atom stereocenters. The van der Waals surface area contributed by atoms with Crippen LogP contribution in [0, 0.1) is 0 Å². The summed E-state index contributed by atoms with van der Waals surface area (Å²) >= 11 is 0. The quantitative estimate of drug-likeness (QED) is 0.568. The van der Waals surface area contributed by atoms with E-state index in [1.54, 1.807) is 0 Å². The first-order chi connectivity index (χ1) is 8.84. The molecule has 3 N–H and O–H groups in total. The van der Waals surface area contributed by atoms with Crippen LogP contribution >= 0.6 is 0 Å². The SMILES string of the molecule is C[C@H](NC(=O)C(=O)N1CCCC[C@@H]1C(=O)O)C(=O)O. The summed E-state index contributed by atoms with van der Waals surface area (Å²) < 4.78 is 0. The van der Waals surface area contributed by atoms with E-state index >= 15 is 0 Å². The summed E-state index contributed by atoms with van der Waals surface area (Å²) in [5.74, 6) is -4.52. The third kappa shape index (κ3) is 3.67. The average molecular weight is 272 g/mol. The summed E-state index contributed by atoms with van der Waals surface area (Å²) in [5.41, 5.74) is 0. The molecule has 0 aliphatic carbocycles. The fourth-order valence-electron chi connectivity index (χ4n) is 1.88. The summed E-state index contributed by atoms with van der Waals surface area (Å²) in [6.45, 7) is 1.41. The van der Waals surface area contributed by atoms with Crippen molar-refractivity contribution in [2.75, 3.05) is 6.54 Å². The Hall–Kier alpha value is -2.12. The normalized spacial score (nSPS) is 20.5. The van der Waals surface area contributed by atoms with E-state index in [1.165, 1.54) is 6.92 Å². The van der Waals surface area contributed by atoms with Crippen LogP contribution in [0.25, 0.3) is 0 Å². The molecule has 1 aliphatic heterocycles. The van der Waals surface area contributed by atoms with Gasteiger partial charge in [-0.15, -0.1) is 0 Å². The predicted octanol–water partition coefficient (Wildman–Crippen LogP) is -0.959. The van der Waals surface area contributed by atoms with E-state index in [9.17, 15) is 19.2 Å². The summed E-state index contributed by atoms with van der Waals surface area (Å²) in [6.07, 6.45) is 1.59. The molecular formula is C11H16N2O6. The van der Waals surface area contributed by atoms with E-state index in [4.69, 9.17) is 10.2 Å². The lowest BCUT2D eigenvalue weighted by atomic mass is 10.0. The van der Waals surface area contributed by atoms with Crippen LogP contribution in [0.4, 0.5) is 0 Å². The number of carboxylic acid groups (broad SMARTS) is 2. The Morgan fingerprint density at radius 3 is 2.37 bits per heavy atom. The van der Waals surface area contributed by atoms with Gasteiger partial charge >= 0.3 is 23.8 Å². The van der Waals surface area contributed by atoms with Gasteiger partial charge in [0.15, 0.2) is 0 Å². The summed E-state index contributed by atoms with van der Waals surface area (Å²) in [4.78, 5) is 46.0. The number of hydrogen-bond donors (Lipinski definition) is 3. The van der Waals surface area contributed by atoms with Gasteiger partial charge < -0.3 is 20.4 Å². The highest BCUT2D eigenvalue weighted by Crippen LogP contribution is 2.17. The van der Waals surface area contributed by atoms with Gasteiger partial charge in [0.25, 0.3) is 0 Å². The number of carbonyl (C=O) groups is 4. The Morgan fingerprint density at radius 1 is 1.21 bits per heavy atom. The van der Waals surface area contributed by atoms with Crippen molar-refractivity contribution >= 4 is 23.8 Å². The number of nitrogens with zero attached hydrogens (tertiary/aromatic N) is 1. The van der Waals surface area contributed by atoms with Crippen molar-refractivity contribution in [1.29, 1.82) is 0 Å². The molecule has 0 spiro atoms. The van der Waals surface area contributed by atoms with E-state index in [1.807, 2.05) is 5.32 Å². The van der Waals surface area contributed by atoms with Crippen LogP contribution in [0.15, 0.2) is 0 Å². The second kappa shape index (κ2) is 6.17. The second-order valence-corrected chi connectivity index (χ2v) is 4.38. The lowest BCUT2D eigenvalue weighted by Crippen LogP contribution is -2.54. The lowest BCUT2D eigenvalue weighted by Gasteiger charge is -2.32. The number of carboxylic acids is 2. The molecule has 0 saturated carbocycles. The molecule has 1 aliphatic rings. The molecule has 0 aromatic rings. The first kappa shape index (κ1) is 14.9. The van der Waals surface area contributed by atoms with Gasteiger partial charge in [-0.2, -0.15) is 0 Å². The minimum absolute atomic E-state index is 0.185. The maximum atomic E-state index is 11.8. The van der Waals surface area contributed by atoms with Crippen molar-refractivity contribution in [2.24, 2.45) is 0 Å². The molecule has 0 radical (unpaired) electrons. The van der Waals surface area contributed by atoms with Gasteiger partial charge in [0.2, 0.25) is 0 Å². The molecule has 2 amide bonds. The van der Waals surface area contributed by atoms with Gasteiger partial charge in [-0.3, -0.25) is 14.4 Å². The van der Waals surface area contributed by atoms with Gasteiger partial charge in [0, 0.05) is 6.54 Å². The fraction of sp³-hybridized carbons (Fsp3) is 0.636. The largest absolute Gasteiger partial charge is 0.480 e. The topological polar surface area (TPSA) is 124 Å². The molecule has 1 heterocycles. The Kier molecular flexibility index (Phi) is 4.85. The first-order valence-electron chi connectivity index (χ1n) is 5.91. The summed E-state index contributed by atoms with van der Waals surface area (Å²) in [5, 5.41) is 19.6. The maximum absolute atomic E-state index is 11.8. The fourth-order valence-corrected chi connectivity index (χ4v) is 1.88. The molecule has 1 saturated heterocycles. The molecule has 106 valence electrons. The Morgan fingerprint density at radius 2 is 1.84 bits per heavy atom. The summed E-state index contributed by atoms with van der Waals surface area (Å²) in [6, 6.07) is -2.23. The van der Waals surface area contributed by atoms with Crippen LogP contribution in [0.1, 0.15) is 26.2 Å². The van der Waals surface area contributed by atoms with Crippen LogP contribution in [0.3, 0.4) is 0 Å². The highest BCUT2D eigenvalue weighted by Gasteiger charge is 2.35. The molecule has 1 rings (SSSR count). The third-order valence-corrected chi connectivity index (χ3v) is 2.96. The molecule has 2 atom stereocenters. The predicted molar refractivity (Wildman–Crippen MR) is 62.2 cm³/mol. The number of carbonyl (C=O) groups excluding carboxylic acids is 2. The Balaban J connectivity index is 2.71. The van der Waals surface area contributed by atoms with E-state index in [-0.39, 0.29) is 6.54 Å². The minimum Gasteiger partial charge on any atom is -0.480 e.